The SMILES string of the molecule is CCN(CC(=O)Nc1cccc(C(=O)N2CCSCC2)c1)c1ccccc1. The Morgan fingerprint density at radius 3 is 2.52 bits per heavy atom. The first-order chi connectivity index (χ1) is 13.2. The molecular weight excluding hydrogens is 358 g/mol. The molecule has 3 rings (SSSR count). The Hall–Kier alpha value is -2.47. The Kier molecular flexibility index (Phi) is 6.76. The molecule has 27 heavy (non-hydrogen) atoms. The molecule has 2 aromatic rings. The molecule has 0 aromatic heterocycles. The number of anilines is 2. The van der Waals surface area contributed by atoms with Crippen molar-refractivity contribution in [1.82, 2.24) is 4.90 Å². The molecule has 0 aliphatic carbocycles. The Morgan fingerprint density at radius 2 is 1.81 bits per heavy atom. The Morgan fingerprint density at radius 1 is 1.07 bits per heavy atom. The number of hydrogen-bond acceptors (Lipinski definition) is 4. The van der Waals surface area contributed by atoms with Crippen LogP contribution in [0.25, 0.3) is 0 Å². The van der Waals surface area contributed by atoms with Crippen molar-refractivity contribution in [1.29, 1.82) is 0 Å². The second-order valence-electron chi connectivity index (χ2n) is 6.38. The fourth-order valence-corrected chi connectivity index (χ4v) is 3.98. The normalized spacial score (nSPS) is 13.9. The fourth-order valence-electron chi connectivity index (χ4n) is 3.08. The molecule has 1 N–H and O–H groups in total. The summed E-state index contributed by atoms with van der Waals surface area (Å²) >= 11 is 1.87. The number of benzene rings is 2. The molecule has 0 spiro atoms. The van der Waals surface area contributed by atoms with E-state index in [1.165, 1.54) is 0 Å². The largest absolute Gasteiger partial charge is 0.362 e. The number of hydrogen-bond donors (Lipinski definition) is 1. The van der Waals surface area contributed by atoms with Crippen molar-refractivity contribution in [2.24, 2.45) is 0 Å². The lowest BCUT2D eigenvalue weighted by Gasteiger charge is -2.26. The third-order valence-electron chi connectivity index (χ3n) is 4.53. The van der Waals surface area contributed by atoms with Crippen LogP contribution in [0.2, 0.25) is 0 Å². The van der Waals surface area contributed by atoms with E-state index >= 15 is 0 Å². The quantitative estimate of drug-likeness (QED) is 0.831. The zero-order valence-corrected chi connectivity index (χ0v) is 16.4. The minimum Gasteiger partial charge on any atom is -0.362 e. The molecule has 0 bridgehead atoms. The third-order valence-corrected chi connectivity index (χ3v) is 5.47. The molecule has 142 valence electrons. The summed E-state index contributed by atoms with van der Waals surface area (Å²) in [4.78, 5) is 29.0. The zero-order chi connectivity index (χ0) is 19.1. The average molecular weight is 384 g/mol. The zero-order valence-electron chi connectivity index (χ0n) is 15.6. The first kappa shape index (κ1) is 19.3. The van der Waals surface area contributed by atoms with Crippen molar-refractivity contribution in [2.75, 3.05) is 47.9 Å². The minimum atomic E-state index is -0.0975. The van der Waals surface area contributed by atoms with Crippen molar-refractivity contribution in [2.45, 2.75) is 6.92 Å². The van der Waals surface area contributed by atoms with Gasteiger partial charge in [0.1, 0.15) is 0 Å². The van der Waals surface area contributed by atoms with E-state index in [9.17, 15) is 9.59 Å². The van der Waals surface area contributed by atoms with Gasteiger partial charge in [0.05, 0.1) is 6.54 Å². The molecule has 2 aromatic carbocycles. The van der Waals surface area contributed by atoms with Crippen molar-refractivity contribution in [3.05, 3.63) is 60.2 Å². The summed E-state index contributed by atoms with van der Waals surface area (Å²) in [6.07, 6.45) is 0. The maximum absolute atomic E-state index is 12.6. The van der Waals surface area contributed by atoms with Crippen LogP contribution in [0.4, 0.5) is 11.4 Å². The Labute approximate surface area is 164 Å². The predicted molar refractivity (Wildman–Crippen MR) is 113 cm³/mol. The highest BCUT2D eigenvalue weighted by Gasteiger charge is 2.19. The summed E-state index contributed by atoms with van der Waals surface area (Å²) in [6, 6.07) is 17.1. The molecule has 0 atom stereocenters. The van der Waals surface area contributed by atoms with Crippen LogP contribution < -0.4 is 10.2 Å². The van der Waals surface area contributed by atoms with Crippen molar-refractivity contribution < 1.29 is 9.59 Å². The monoisotopic (exact) mass is 383 g/mol. The van der Waals surface area contributed by atoms with Gasteiger partial charge in [-0.05, 0) is 37.3 Å². The van der Waals surface area contributed by atoms with Gasteiger partial charge in [-0.1, -0.05) is 24.3 Å². The second-order valence-corrected chi connectivity index (χ2v) is 7.61. The van der Waals surface area contributed by atoms with E-state index in [-0.39, 0.29) is 18.4 Å². The highest BCUT2D eigenvalue weighted by Crippen LogP contribution is 2.17. The summed E-state index contributed by atoms with van der Waals surface area (Å²) in [6.45, 7) is 4.59. The number of amides is 2. The van der Waals surface area contributed by atoms with Crippen molar-refractivity contribution in [3.8, 4) is 0 Å². The van der Waals surface area contributed by atoms with Crippen LogP contribution in [0.1, 0.15) is 17.3 Å². The van der Waals surface area contributed by atoms with E-state index in [1.807, 2.05) is 77.0 Å². The van der Waals surface area contributed by atoms with Crippen molar-refractivity contribution in [3.63, 3.8) is 0 Å². The number of nitrogens with zero attached hydrogens (tertiary/aromatic N) is 2. The van der Waals surface area contributed by atoms with Gasteiger partial charge >= 0.3 is 0 Å². The van der Waals surface area contributed by atoms with Crippen LogP contribution >= 0.6 is 11.8 Å². The van der Waals surface area contributed by atoms with Crippen LogP contribution in [-0.2, 0) is 4.79 Å². The smallest absolute Gasteiger partial charge is 0.253 e. The lowest BCUT2D eigenvalue weighted by molar-refractivity contribution is -0.115. The number of carbonyl (C=O) groups excluding carboxylic acids is 2. The summed E-state index contributed by atoms with van der Waals surface area (Å²) in [7, 11) is 0. The van der Waals surface area contributed by atoms with Crippen LogP contribution in [0, 0.1) is 0 Å². The van der Waals surface area contributed by atoms with E-state index in [1.54, 1.807) is 6.07 Å². The molecule has 0 unspecified atom stereocenters. The second kappa shape index (κ2) is 9.46. The summed E-state index contributed by atoms with van der Waals surface area (Å²) in [5.74, 6) is 1.90. The topological polar surface area (TPSA) is 52.7 Å². The van der Waals surface area contributed by atoms with E-state index in [4.69, 9.17) is 0 Å². The maximum atomic E-state index is 12.6. The number of carbonyl (C=O) groups is 2. The average Bonchev–Trinajstić information content (AvgIpc) is 2.73. The molecule has 0 radical (unpaired) electrons. The molecule has 1 heterocycles. The number of nitrogens with one attached hydrogen (secondary N) is 1. The number of para-hydroxylation sites is 1. The van der Waals surface area contributed by atoms with Gasteiger partial charge in [-0.2, -0.15) is 11.8 Å². The molecule has 6 heteroatoms. The van der Waals surface area contributed by atoms with Gasteiger partial charge in [0.25, 0.3) is 5.91 Å². The molecule has 0 saturated carbocycles. The van der Waals surface area contributed by atoms with Crippen LogP contribution in [-0.4, -0.2) is 54.4 Å². The van der Waals surface area contributed by atoms with Gasteiger partial charge in [-0.3, -0.25) is 9.59 Å². The standard InChI is InChI=1S/C21H25N3O2S/c1-2-23(19-9-4-3-5-10-19)16-20(25)22-18-8-6-7-17(15-18)21(26)24-11-13-27-14-12-24/h3-10,15H,2,11-14,16H2,1H3,(H,22,25). The molecule has 1 aliphatic heterocycles. The van der Waals surface area contributed by atoms with Gasteiger partial charge in [-0.15, -0.1) is 0 Å². The van der Waals surface area contributed by atoms with Crippen molar-refractivity contribution >= 4 is 35.0 Å². The predicted octanol–water partition coefficient (Wildman–Crippen LogP) is 3.34. The Bertz CT molecular complexity index is 776. The maximum Gasteiger partial charge on any atom is 0.253 e. The van der Waals surface area contributed by atoms with Gasteiger partial charge in [0.15, 0.2) is 0 Å². The first-order valence-corrected chi connectivity index (χ1v) is 10.4. The summed E-state index contributed by atoms with van der Waals surface area (Å²) in [5.41, 5.74) is 2.29. The lowest BCUT2D eigenvalue weighted by Crippen LogP contribution is -2.38. The fraction of sp³-hybridized carbons (Fsp3) is 0.333. The minimum absolute atomic E-state index is 0.0332. The van der Waals surface area contributed by atoms with Gasteiger partial charge in [0.2, 0.25) is 5.91 Å². The molecule has 5 nitrogen and oxygen atoms in total. The van der Waals surface area contributed by atoms with E-state index in [2.05, 4.69) is 5.32 Å². The number of thioether (sulfide) groups is 1. The molecule has 2 amide bonds. The van der Waals surface area contributed by atoms with Crippen LogP contribution in [0.15, 0.2) is 54.6 Å². The number of likely N-dealkylation sites (N-methyl/N-ethyl adjacent to an activating group) is 1. The van der Waals surface area contributed by atoms with E-state index in [0.717, 1.165) is 36.8 Å². The highest BCUT2D eigenvalue weighted by atomic mass is 32.2. The highest BCUT2D eigenvalue weighted by molar-refractivity contribution is 7.99. The van der Waals surface area contributed by atoms with E-state index < -0.39 is 0 Å². The number of rotatable bonds is 6. The molecule has 1 aliphatic rings. The molecular formula is C21H25N3O2S. The summed E-state index contributed by atoms with van der Waals surface area (Å²) < 4.78 is 0. The summed E-state index contributed by atoms with van der Waals surface area (Å²) in [5, 5.41) is 2.92. The van der Waals surface area contributed by atoms with Gasteiger partial charge in [0, 0.05) is 48.1 Å². The first-order valence-electron chi connectivity index (χ1n) is 9.24. The van der Waals surface area contributed by atoms with Gasteiger partial charge in [-0.25, -0.2) is 0 Å². The molecule has 1 saturated heterocycles. The molecule has 1 fully saturated rings. The van der Waals surface area contributed by atoms with E-state index in [0.29, 0.717) is 11.3 Å². The van der Waals surface area contributed by atoms with Crippen LogP contribution in [0.3, 0.4) is 0 Å². The third kappa shape index (κ3) is 5.26. The lowest BCUT2D eigenvalue weighted by atomic mass is 10.1. The van der Waals surface area contributed by atoms with Crippen LogP contribution in [0.5, 0.6) is 0 Å². The van der Waals surface area contributed by atoms with Gasteiger partial charge < -0.3 is 15.1 Å². The Balaban J connectivity index is 1.63.